The van der Waals surface area contributed by atoms with Crippen molar-refractivity contribution in [1.29, 1.82) is 0 Å². The van der Waals surface area contributed by atoms with E-state index in [9.17, 15) is 14.9 Å². The first-order valence-corrected chi connectivity index (χ1v) is 6.48. The fourth-order valence-corrected chi connectivity index (χ4v) is 1.93. The Hall–Kier alpha value is -2.41. The lowest BCUT2D eigenvalue weighted by Gasteiger charge is -2.03. The number of anilines is 1. The van der Waals surface area contributed by atoms with Crippen LogP contribution in [0.3, 0.4) is 0 Å². The number of carbonyl (C=O) groups is 1. The van der Waals surface area contributed by atoms with Crippen LogP contribution in [-0.4, -0.2) is 16.0 Å². The number of hydrogen-bond acceptors (Lipinski definition) is 5. The number of nitro benzene ring substituents is 1. The molecule has 0 radical (unpaired) electrons. The van der Waals surface area contributed by atoms with E-state index in [-0.39, 0.29) is 22.4 Å². The molecular formula is C13H12ClN3O4. The summed E-state index contributed by atoms with van der Waals surface area (Å²) >= 11 is 5.76. The summed E-state index contributed by atoms with van der Waals surface area (Å²) in [4.78, 5) is 22.4. The van der Waals surface area contributed by atoms with Crippen LogP contribution in [0.4, 0.5) is 11.6 Å². The van der Waals surface area contributed by atoms with E-state index in [1.54, 1.807) is 6.07 Å². The summed E-state index contributed by atoms with van der Waals surface area (Å²) in [5.41, 5.74) is 0.0844. The van der Waals surface area contributed by atoms with Gasteiger partial charge in [0.05, 0.1) is 10.6 Å². The van der Waals surface area contributed by atoms with Crippen molar-refractivity contribution in [2.75, 3.05) is 5.32 Å². The lowest BCUT2D eigenvalue weighted by Crippen LogP contribution is -2.13. The number of para-hydroxylation sites is 1. The Morgan fingerprint density at radius 1 is 1.48 bits per heavy atom. The van der Waals surface area contributed by atoms with Crippen molar-refractivity contribution in [3.63, 3.8) is 0 Å². The minimum Gasteiger partial charge on any atom is -0.338 e. The first-order valence-electron chi connectivity index (χ1n) is 6.11. The molecular weight excluding hydrogens is 298 g/mol. The van der Waals surface area contributed by atoms with Crippen LogP contribution in [0.5, 0.6) is 0 Å². The number of nitrogens with one attached hydrogen (secondary N) is 1. The molecule has 2 rings (SSSR count). The SMILES string of the molecule is CC(C)c1cc(NC(=O)c2cccc(Cl)c2[N+](=O)[O-])on1. The Balaban J connectivity index is 2.28. The van der Waals surface area contributed by atoms with Crippen LogP contribution in [0.25, 0.3) is 0 Å². The highest BCUT2D eigenvalue weighted by Crippen LogP contribution is 2.29. The molecule has 0 saturated heterocycles. The molecule has 0 atom stereocenters. The van der Waals surface area contributed by atoms with E-state index in [2.05, 4.69) is 10.5 Å². The smallest absolute Gasteiger partial charge is 0.300 e. The van der Waals surface area contributed by atoms with Crippen molar-refractivity contribution in [3.05, 3.63) is 50.7 Å². The number of aromatic nitrogens is 1. The van der Waals surface area contributed by atoms with Gasteiger partial charge in [0.1, 0.15) is 10.6 Å². The van der Waals surface area contributed by atoms with Crippen LogP contribution < -0.4 is 5.32 Å². The second kappa shape index (κ2) is 5.92. The van der Waals surface area contributed by atoms with Gasteiger partial charge in [0.2, 0.25) is 5.88 Å². The van der Waals surface area contributed by atoms with E-state index < -0.39 is 16.5 Å². The molecule has 110 valence electrons. The monoisotopic (exact) mass is 309 g/mol. The molecule has 0 aliphatic carbocycles. The molecule has 0 saturated carbocycles. The fraction of sp³-hybridized carbons (Fsp3) is 0.231. The summed E-state index contributed by atoms with van der Waals surface area (Å²) in [6.45, 7) is 3.84. The summed E-state index contributed by atoms with van der Waals surface area (Å²) < 4.78 is 4.96. The maximum absolute atomic E-state index is 12.1. The third-order valence-electron chi connectivity index (χ3n) is 2.77. The zero-order chi connectivity index (χ0) is 15.6. The summed E-state index contributed by atoms with van der Waals surface area (Å²) in [5.74, 6) is -0.423. The first-order chi connectivity index (χ1) is 9.90. The summed E-state index contributed by atoms with van der Waals surface area (Å²) in [5, 5.41) is 17.1. The first kappa shape index (κ1) is 15.0. The van der Waals surface area contributed by atoms with Crippen LogP contribution >= 0.6 is 11.6 Å². The van der Waals surface area contributed by atoms with Gasteiger partial charge in [-0.3, -0.25) is 20.2 Å². The second-order valence-corrected chi connectivity index (χ2v) is 5.03. The number of benzene rings is 1. The highest BCUT2D eigenvalue weighted by atomic mass is 35.5. The Kier molecular flexibility index (Phi) is 4.23. The highest BCUT2D eigenvalue weighted by molar-refractivity contribution is 6.33. The topological polar surface area (TPSA) is 98.3 Å². The average Bonchev–Trinajstić information content (AvgIpc) is 2.86. The van der Waals surface area contributed by atoms with Gasteiger partial charge in [-0.15, -0.1) is 0 Å². The van der Waals surface area contributed by atoms with E-state index in [0.29, 0.717) is 5.69 Å². The summed E-state index contributed by atoms with van der Waals surface area (Å²) in [7, 11) is 0. The van der Waals surface area contributed by atoms with Crippen molar-refractivity contribution in [2.24, 2.45) is 0 Å². The van der Waals surface area contributed by atoms with Gasteiger partial charge in [0, 0.05) is 6.07 Å². The molecule has 1 aromatic carbocycles. The average molecular weight is 310 g/mol. The Morgan fingerprint density at radius 2 is 2.19 bits per heavy atom. The maximum Gasteiger partial charge on any atom is 0.300 e. The van der Waals surface area contributed by atoms with Crippen molar-refractivity contribution in [1.82, 2.24) is 5.16 Å². The van der Waals surface area contributed by atoms with E-state index in [1.165, 1.54) is 18.2 Å². The number of hydrogen-bond donors (Lipinski definition) is 1. The van der Waals surface area contributed by atoms with Gasteiger partial charge in [-0.2, -0.15) is 0 Å². The standard InChI is InChI=1S/C13H12ClN3O4/c1-7(2)10-6-11(21-16-10)15-13(18)8-4-3-5-9(14)12(8)17(19)20/h3-7H,1-2H3,(H,15,18). The number of rotatable bonds is 4. The van der Waals surface area contributed by atoms with Crippen LogP contribution in [0.2, 0.25) is 5.02 Å². The number of nitro groups is 1. The van der Waals surface area contributed by atoms with E-state index in [0.717, 1.165) is 0 Å². The molecule has 7 nitrogen and oxygen atoms in total. The van der Waals surface area contributed by atoms with E-state index >= 15 is 0 Å². The van der Waals surface area contributed by atoms with Crippen molar-refractivity contribution in [2.45, 2.75) is 19.8 Å². The predicted molar refractivity (Wildman–Crippen MR) is 76.7 cm³/mol. The van der Waals surface area contributed by atoms with Gasteiger partial charge >= 0.3 is 5.69 Å². The zero-order valence-corrected chi connectivity index (χ0v) is 12.0. The summed E-state index contributed by atoms with van der Waals surface area (Å²) in [6, 6.07) is 5.70. The maximum atomic E-state index is 12.1. The minimum absolute atomic E-state index is 0.104. The molecule has 0 aliphatic rings. The van der Waals surface area contributed by atoms with E-state index in [1.807, 2.05) is 13.8 Å². The van der Waals surface area contributed by atoms with Crippen LogP contribution in [0, 0.1) is 10.1 Å². The van der Waals surface area contributed by atoms with E-state index in [4.69, 9.17) is 16.1 Å². The molecule has 1 amide bonds. The molecule has 0 bridgehead atoms. The third kappa shape index (κ3) is 3.19. The number of amides is 1. The van der Waals surface area contributed by atoms with Gasteiger partial charge in [-0.25, -0.2) is 0 Å². The number of nitrogens with zero attached hydrogens (tertiary/aromatic N) is 2. The van der Waals surface area contributed by atoms with Gasteiger partial charge < -0.3 is 4.52 Å². The Morgan fingerprint density at radius 3 is 2.76 bits per heavy atom. The predicted octanol–water partition coefficient (Wildman–Crippen LogP) is 3.61. The van der Waals surface area contributed by atoms with Crippen LogP contribution in [-0.2, 0) is 0 Å². The Labute approximate surface area is 125 Å². The molecule has 21 heavy (non-hydrogen) atoms. The molecule has 1 aromatic heterocycles. The van der Waals surface area contributed by atoms with Crippen LogP contribution in [0.15, 0.2) is 28.8 Å². The highest BCUT2D eigenvalue weighted by Gasteiger charge is 2.24. The van der Waals surface area contributed by atoms with Gasteiger partial charge in [0.15, 0.2) is 0 Å². The molecule has 1 heterocycles. The minimum atomic E-state index is -0.697. The molecule has 0 unspecified atom stereocenters. The fourth-order valence-electron chi connectivity index (χ4n) is 1.68. The molecule has 1 N–H and O–H groups in total. The zero-order valence-electron chi connectivity index (χ0n) is 11.3. The largest absolute Gasteiger partial charge is 0.338 e. The van der Waals surface area contributed by atoms with Crippen molar-refractivity contribution in [3.8, 4) is 0 Å². The second-order valence-electron chi connectivity index (χ2n) is 4.62. The molecule has 0 aliphatic heterocycles. The number of carbonyl (C=O) groups excluding carboxylic acids is 1. The summed E-state index contributed by atoms with van der Waals surface area (Å²) in [6.07, 6.45) is 0. The lowest BCUT2D eigenvalue weighted by molar-refractivity contribution is -0.385. The molecule has 8 heteroatoms. The van der Waals surface area contributed by atoms with Crippen LogP contribution in [0.1, 0.15) is 35.8 Å². The quantitative estimate of drug-likeness (QED) is 0.687. The van der Waals surface area contributed by atoms with Crippen molar-refractivity contribution >= 4 is 29.1 Å². The third-order valence-corrected chi connectivity index (χ3v) is 3.08. The Bertz CT molecular complexity index is 696. The molecule has 0 fully saturated rings. The molecule has 2 aromatic rings. The lowest BCUT2D eigenvalue weighted by atomic mass is 10.1. The normalized spacial score (nSPS) is 10.7. The van der Waals surface area contributed by atoms with Gasteiger partial charge in [0.25, 0.3) is 5.91 Å². The van der Waals surface area contributed by atoms with Gasteiger partial charge in [-0.1, -0.05) is 36.7 Å². The van der Waals surface area contributed by atoms with Gasteiger partial charge in [-0.05, 0) is 18.1 Å². The molecule has 0 spiro atoms. The van der Waals surface area contributed by atoms with Crippen molar-refractivity contribution < 1.29 is 14.2 Å². The number of halogens is 1.